The average molecular weight is 355 g/mol. The quantitative estimate of drug-likeness (QED) is 0.796. The van der Waals surface area contributed by atoms with E-state index in [1.807, 2.05) is 30.3 Å². The smallest absolute Gasteiger partial charge is 0.139 e. The van der Waals surface area contributed by atoms with E-state index in [2.05, 4.69) is 46.5 Å². The first-order chi connectivity index (χ1) is 12.1. The number of likely N-dealkylation sites (tertiary alicyclic amines) is 1. The van der Waals surface area contributed by atoms with Crippen LogP contribution in [0.4, 0.5) is 0 Å². The molecule has 0 amide bonds. The fraction of sp³-hybridized carbons (Fsp3) is 0.667. The molecule has 1 saturated carbocycles. The number of hydrogen-bond donors (Lipinski definition) is 2. The number of nitrogens with one attached hydrogen (secondary N) is 1. The Morgan fingerprint density at radius 1 is 1.15 bits per heavy atom. The summed E-state index contributed by atoms with van der Waals surface area (Å²) in [5, 5.41) is 11.2. The molecule has 1 saturated heterocycles. The van der Waals surface area contributed by atoms with Crippen LogP contribution in [0.5, 0.6) is 0 Å². The summed E-state index contributed by atoms with van der Waals surface area (Å²) in [4.78, 5) is 1.67. The van der Waals surface area contributed by atoms with E-state index in [1.165, 1.54) is 25.8 Å². The van der Waals surface area contributed by atoms with E-state index in [0.29, 0.717) is 17.3 Å². The van der Waals surface area contributed by atoms with Crippen LogP contribution in [0.1, 0.15) is 65.9 Å². The summed E-state index contributed by atoms with van der Waals surface area (Å²) in [6.45, 7) is 13.6. The predicted octanol–water partition coefficient (Wildman–Crippen LogP) is 3.41. The molecule has 1 aromatic rings. The highest BCUT2D eigenvalue weighted by molar-refractivity contribution is 5.25. The number of aliphatic hydroxyl groups is 1. The maximum absolute atomic E-state index is 11.2. The van der Waals surface area contributed by atoms with Gasteiger partial charge >= 0.3 is 0 Å². The standard InChI is InChI=1S/C24H35NO/c1-19(2)24(26,20-11-7-6-8-12-20)13-9-10-14-25-18-23(5)16-21(25)15-22(3,4)17-23/h6-8,11-12,19,21,26H,13-18H2,1-5H3/p+1/t21-,23-,24-/m1/s1. The van der Waals surface area contributed by atoms with Crippen molar-refractivity contribution >= 4 is 0 Å². The van der Waals surface area contributed by atoms with Crippen molar-refractivity contribution in [3.63, 3.8) is 0 Å². The van der Waals surface area contributed by atoms with E-state index < -0.39 is 5.60 Å². The van der Waals surface area contributed by atoms with E-state index in [4.69, 9.17) is 0 Å². The van der Waals surface area contributed by atoms with Gasteiger partial charge in [0, 0.05) is 24.7 Å². The summed E-state index contributed by atoms with van der Waals surface area (Å²) in [5.41, 5.74) is 1.07. The Balaban J connectivity index is 1.65. The molecule has 142 valence electrons. The third kappa shape index (κ3) is 4.00. The molecule has 4 atom stereocenters. The summed E-state index contributed by atoms with van der Waals surface area (Å²) in [6, 6.07) is 10.8. The first-order valence-electron chi connectivity index (χ1n) is 10.2. The summed E-state index contributed by atoms with van der Waals surface area (Å²) >= 11 is 0. The van der Waals surface area contributed by atoms with Gasteiger partial charge in [0.2, 0.25) is 0 Å². The number of benzene rings is 1. The van der Waals surface area contributed by atoms with Gasteiger partial charge < -0.3 is 10.0 Å². The van der Waals surface area contributed by atoms with Crippen LogP contribution < -0.4 is 4.90 Å². The van der Waals surface area contributed by atoms with Gasteiger partial charge in [0.1, 0.15) is 12.1 Å². The van der Waals surface area contributed by atoms with Gasteiger partial charge in [0.05, 0.1) is 12.6 Å². The number of rotatable bonds is 4. The number of quaternary nitrogens is 1. The van der Waals surface area contributed by atoms with Crippen LogP contribution in [-0.2, 0) is 5.60 Å². The van der Waals surface area contributed by atoms with Crippen molar-refractivity contribution in [1.82, 2.24) is 0 Å². The molecule has 2 N–H and O–H groups in total. The van der Waals surface area contributed by atoms with Crippen molar-refractivity contribution in [2.45, 2.75) is 71.9 Å². The molecular weight excluding hydrogens is 318 g/mol. The van der Waals surface area contributed by atoms with Gasteiger partial charge in [0.25, 0.3) is 0 Å². The number of hydrogen-bond acceptors (Lipinski definition) is 1. The zero-order valence-corrected chi connectivity index (χ0v) is 17.2. The molecule has 2 fully saturated rings. The Morgan fingerprint density at radius 3 is 2.50 bits per heavy atom. The lowest BCUT2D eigenvalue weighted by Gasteiger charge is -2.37. The topological polar surface area (TPSA) is 24.7 Å². The lowest BCUT2D eigenvalue weighted by Crippen LogP contribution is -3.13. The fourth-order valence-corrected chi connectivity index (χ4v) is 5.70. The van der Waals surface area contributed by atoms with Crippen LogP contribution in [0.25, 0.3) is 0 Å². The highest BCUT2D eigenvalue weighted by Crippen LogP contribution is 2.47. The Kier molecular flexibility index (Phi) is 5.26. The largest absolute Gasteiger partial charge is 0.384 e. The fourth-order valence-electron chi connectivity index (χ4n) is 5.70. The Bertz CT molecular complexity index is 683. The molecule has 2 bridgehead atoms. The molecule has 1 aliphatic carbocycles. The second-order valence-corrected chi connectivity index (χ2v) is 10.2. The van der Waals surface area contributed by atoms with E-state index in [9.17, 15) is 5.11 Å². The maximum Gasteiger partial charge on any atom is 0.139 e. The van der Waals surface area contributed by atoms with Crippen LogP contribution in [0.3, 0.4) is 0 Å². The van der Waals surface area contributed by atoms with Gasteiger partial charge in [-0.25, -0.2) is 0 Å². The van der Waals surface area contributed by atoms with Gasteiger partial charge in [-0.3, -0.25) is 0 Å². The average Bonchev–Trinajstić information content (AvgIpc) is 2.80. The number of fused-ring (bicyclic) bond motifs is 2. The first kappa shape index (κ1) is 19.5. The van der Waals surface area contributed by atoms with E-state index in [0.717, 1.165) is 18.2 Å². The van der Waals surface area contributed by atoms with E-state index in [-0.39, 0.29) is 5.92 Å². The molecule has 0 radical (unpaired) electrons. The minimum absolute atomic E-state index is 0.136. The first-order valence-corrected chi connectivity index (χ1v) is 10.2. The van der Waals surface area contributed by atoms with Gasteiger partial charge in [-0.05, 0) is 29.2 Å². The molecule has 0 aromatic heterocycles. The zero-order chi connectivity index (χ0) is 19.0. The Morgan fingerprint density at radius 2 is 1.85 bits per heavy atom. The third-order valence-corrected chi connectivity index (χ3v) is 6.70. The molecule has 2 aliphatic rings. The van der Waals surface area contributed by atoms with Crippen LogP contribution >= 0.6 is 0 Å². The highest BCUT2D eigenvalue weighted by atomic mass is 16.3. The molecule has 1 heterocycles. The van der Waals surface area contributed by atoms with Crippen molar-refractivity contribution in [3.05, 3.63) is 35.9 Å². The van der Waals surface area contributed by atoms with Crippen molar-refractivity contribution in [1.29, 1.82) is 0 Å². The second kappa shape index (κ2) is 7.02. The minimum Gasteiger partial charge on any atom is -0.384 e. The molecule has 0 spiro atoms. The molecule has 1 aromatic carbocycles. The van der Waals surface area contributed by atoms with Crippen LogP contribution in [-0.4, -0.2) is 24.2 Å². The van der Waals surface area contributed by atoms with Gasteiger partial charge in [-0.15, -0.1) is 0 Å². The van der Waals surface area contributed by atoms with Crippen molar-refractivity contribution < 1.29 is 10.0 Å². The normalized spacial score (nSPS) is 32.0. The molecular formula is C24H36NO+. The summed E-state index contributed by atoms with van der Waals surface area (Å²) in [5.74, 6) is 6.88. The summed E-state index contributed by atoms with van der Waals surface area (Å²) in [6.07, 6.45) is 4.52. The van der Waals surface area contributed by atoms with Crippen LogP contribution in [0.15, 0.2) is 30.3 Å². The van der Waals surface area contributed by atoms with Crippen molar-refractivity contribution in [2.24, 2.45) is 16.7 Å². The monoisotopic (exact) mass is 354 g/mol. The third-order valence-electron chi connectivity index (χ3n) is 6.70. The molecule has 2 nitrogen and oxygen atoms in total. The summed E-state index contributed by atoms with van der Waals surface area (Å²) in [7, 11) is 0. The zero-order valence-electron chi connectivity index (χ0n) is 17.2. The van der Waals surface area contributed by atoms with E-state index in [1.54, 1.807) is 4.90 Å². The van der Waals surface area contributed by atoms with Gasteiger partial charge in [0.15, 0.2) is 0 Å². The van der Waals surface area contributed by atoms with Gasteiger partial charge in [-0.2, -0.15) is 0 Å². The van der Waals surface area contributed by atoms with Crippen molar-refractivity contribution in [2.75, 3.05) is 13.1 Å². The SMILES string of the molecule is CC(C)[C@](O)(CC#CC[NH+]1C[C@]2(C)C[C@H]1CC(C)(C)C2)c1ccccc1. The molecule has 26 heavy (non-hydrogen) atoms. The lowest BCUT2D eigenvalue weighted by molar-refractivity contribution is -0.907. The molecule has 3 rings (SSSR count). The maximum atomic E-state index is 11.2. The van der Waals surface area contributed by atoms with Crippen LogP contribution in [0.2, 0.25) is 0 Å². The Labute approximate surface area is 160 Å². The lowest BCUT2D eigenvalue weighted by atomic mass is 9.65. The van der Waals surface area contributed by atoms with Gasteiger partial charge in [-0.1, -0.05) is 70.9 Å². The Hall–Kier alpha value is -1.30. The molecule has 1 aliphatic heterocycles. The van der Waals surface area contributed by atoms with Crippen LogP contribution in [0, 0.1) is 28.6 Å². The predicted molar refractivity (Wildman–Crippen MR) is 108 cm³/mol. The molecule has 1 unspecified atom stereocenters. The second-order valence-electron chi connectivity index (χ2n) is 10.2. The highest BCUT2D eigenvalue weighted by Gasteiger charge is 2.52. The minimum atomic E-state index is -0.863. The summed E-state index contributed by atoms with van der Waals surface area (Å²) < 4.78 is 0. The van der Waals surface area contributed by atoms with Crippen molar-refractivity contribution in [3.8, 4) is 11.8 Å². The van der Waals surface area contributed by atoms with E-state index >= 15 is 0 Å². The molecule has 2 heteroatoms.